The summed E-state index contributed by atoms with van der Waals surface area (Å²) in [5, 5.41) is 11.1. The van der Waals surface area contributed by atoms with Gasteiger partial charge >= 0.3 is 0 Å². The van der Waals surface area contributed by atoms with Crippen LogP contribution in [0.2, 0.25) is 0 Å². The van der Waals surface area contributed by atoms with Crippen molar-refractivity contribution in [2.45, 2.75) is 12.6 Å². The SMILES string of the molecule is C=CCOc1ccc(C(O)=C2C(=O)C(=O)N(Cc3cccnc3)[C@@H]2c2ccccc2)cc1. The zero-order valence-electron chi connectivity index (χ0n) is 17.3. The molecule has 1 saturated heterocycles. The Morgan fingerprint density at radius 1 is 1.06 bits per heavy atom. The van der Waals surface area contributed by atoms with Gasteiger partial charge in [0.25, 0.3) is 11.7 Å². The Balaban J connectivity index is 1.77. The van der Waals surface area contributed by atoms with Gasteiger partial charge in [0, 0.05) is 24.5 Å². The van der Waals surface area contributed by atoms with Crippen molar-refractivity contribution in [1.29, 1.82) is 0 Å². The van der Waals surface area contributed by atoms with Crippen LogP contribution in [-0.2, 0) is 16.1 Å². The molecule has 6 heteroatoms. The molecule has 0 saturated carbocycles. The van der Waals surface area contributed by atoms with Crippen LogP contribution in [0.1, 0.15) is 22.7 Å². The largest absolute Gasteiger partial charge is 0.507 e. The van der Waals surface area contributed by atoms with Gasteiger partial charge < -0.3 is 14.7 Å². The highest BCUT2D eigenvalue weighted by molar-refractivity contribution is 6.46. The van der Waals surface area contributed by atoms with Gasteiger partial charge in [-0.15, -0.1) is 0 Å². The summed E-state index contributed by atoms with van der Waals surface area (Å²) in [5.74, 6) is -0.985. The summed E-state index contributed by atoms with van der Waals surface area (Å²) in [7, 11) is 0. The third kappa shape index (κ3) is 4.16. The van der Waals surface area contributed by atoms with E-state index in [1.54, 1.807) is 48.8 Å². The number of benzene rings is 2. The van der Waals surface area contributed by atoms with Crippen molar-refractivity contribution in [2.75, 3.05) is 6.61 Å². The molecule has 160 valence electrons. The highest BCUT2D eigenvalue weighted by Gasteiger charge is 2.46. The Labute approximate surface area is 186 Å². The minimum atomic E-state index is -0.716. The first-order chi connectivity index (χ1) is 15.6. The molecular weight excluding hydrogens is 404 g/mol. The van der Waals surface area contributed by atoms with Crippen molar-refractivity contribution in [3.8, 4) is 5.75 Å². The van der Waals surface area contributed by atoms with Crippen LogP contribution in [0.25, 0.3) is 5.76 Å². The van der Waals surface area contributed by atoms with E-state index in [9.17, 15) is 14.7 Å². The van der Waals surface area contributed by atoms with E-state index in [2.05, 4.69) is 11.6 Å². The number of hydrogen-bond donors (Lipinski definition) is 1. The zero-order chi connectivity index (χ0) is 22.5. The number of aliphatic hydroxyl groups is 1. The molecule has 3 aromatic rings. The summed E-state index contributed by atoms with van der Waals surface area (Å²) in [5.41, 5.74) is 2.02. The number of carbonyl (C=O) groups excluding carboxylic acids is 2. The predicted molar refractivity (Wildman–Crippen MR) is 121 cm³/mol. The van der Waals surface area contributed by atoms with Crippen LogP contribution >= 0.6 is 0 Å². The molecule has 6 nitrogen and oxygen atoms in total. The first-order valence-electron chi connectivity index (χ1n) is 10.2. The van der Waals surface area contributed by atoms with Gasteiger partial charge in [0.2, 0.25) is 0 Å². The van der Waals surface area contributed by atoms with Crippen molar-refractivity contribution in [3.63, 3.8) is 0 Å². The standard InChI is InChI=1S/C26H22N2O4/c1-2-15-32-21-12-10-20(11-13-21)24(29)22-23(19-8-4-3-5-9-19)28(26(31)25(22)30)17-18-7-6-14-27-16-18/h2-14,16,23,29H,1,15,17H2/t23-/m1/s1. The molecule has 1 atom stereocenters. The second-order valence-electron chi connectivity index (χ2n) is 7.32. The number of Topliss-reactive ketones (excluding diaryl/α,β-unsaturated/α-hetero) is 1. The first-order valence-corrected chi connectivity index (χ1v) is 10.2. The Morgan fingerprint density at radius 2 is 1.81 bits per heavy atom. The van der Waals surface area contributed by atoms with Crippen molar-refractivity contribution in [3.05, 3.63) is 114 Å². The van der Waals surface area contributed by atoms with E-state index in [4.69, 9.17) is 4.74 Å². The van der Waals surface area contributed by atoms with Gasteiger partial charge in [-0.3, -0.25) is 14.6 Å². The Kier molecular flexibility index (Phi) is 6.12. The number of ether oxygens (including phenoxy) is 1. The maximum Gasteiger partial charge on any atom is 0.295 e. The predicted octanol–water partition coefficient (Wildman–Crippen LogP) is 4.27. The molecular formula is C26H22N2O4. The molecule has 1 aliphatic heterocycles. The number of aromatic nitrogens is 1. The number of aliphatic hydroxyl groups excluding tert-OH is 1. The van der Waals surface area contributed by atoms with Gasteiger partial charge in [-0.05, 0) is 41.5 Å². The molecule has 2 aromatic carbocycles. The number of rotatable bonds is 7. The summed E-state index contributed by atoms with van der Waals surface area (Å²) < 4.78 is 5.48. The molecule has 0 aliphatic carbocycles. The lowest BCUT2D eigenvalue weighted by Crippen LogP contribution is -2.29. The van der Waals surface area contributed by atoms with Gasteiger partial charge in [0.15, 0.2) is 0 Å². The number of amides is 1. The monoisotopic (exact) mass is 426 g/mol. The van der Waals surface area contributed by atoms with Gasteiger partial charge in [0.05, 0.1) is 11.6 Å². The van der Waals surface area contributed by atoms with Gasteiger partial charge in [0.1, 0.15) is 18.1 Å². The molecule has 0 radical (unpaired) electrons. The second kappa shape index (κ2) is 9.31. The third-order valence-electron chi connectivity index (χ3n) is 5.23. The molecule has 1 fully saturated rings. The molecule has 32 heavy (non-hydrogen) atoms. The van der Waals surface area contributed by atoms with E-state index in [1.165, 1.54) is 4.90 Å². The summed E-state index contributed by atoms with van der Waals surface area (Å²) in [6, 6.07) is 18.8. The lowest BCUT2D eigenvalue weighted by molar-refractivity contribution is -0.140. The number of pyridine rings is 1. The molecule has 0 unspecified atom stereocenters. The Morgan fingerprint density at radius 3 is 2.47 bits per heavy atom. The average Bonchev–Trinajstić information content (AvgIpc) is 3.09. The van der Waals surface area contributed by atoms with Crippen molar-refractivity contribution in [2.24, 2.45) is 0 Å². The summed E-state index contributed by atoms with van der Waals surface area (Å²) in [6.45, 7) is 4.17. The van der Waals surface area contributed by atoms with E-state index in [0.29, 0.717) is 17.9 Å². The lowest BCUT2D eigenvalue weighted by atomic mass is 9.95. The maximum absolute atomic E-state index is 13.1. The minimum Gasteiger partial charge on any atom is -0.507 e. The zero-order valence-corrected chi connectivity index (χ0v) is 17.3. The molecule has 1 aliphatic rings. The molecule has 0 bridgehead atoms. The van der Waals surface area contributed by atoms with Crippen molar-refractivity contribution >= 4 is 17.4 Å². The van der Waals surface area contributed by atoms with Crippen LogP contribution < -0.4 is 4.74 Å². The number of ketones is 1. The van der Waals surface area contributed by atoms with Crippen LogP contribution in [0.4, 0.5) is 0 Å². The summed E-state index contributed by atoms with van der Waals surface area (Å²) >= 11 is 0. The Hall–Kier alpha value is -4.19. The van der Waals surface area contributed by atoms with Gasteiger partial charge in [-0.25, -0.2) is 0 Å². The fourth-order valence-electron chi connectivity index (χ4n) is 3.73. The van der Waals surface area contributed by atoms with Crippen molar-refractivity contribution < 1.29 is 19.4 Å². The van der Waals surface area contributed by atoms with Crippen LogP contribution in [0.5, 0.6) is 5.75 Å². The van der Waals surface area contributed by atoms with Crippen LogP contribution in [0.3, 0.4) is 0 Å². The fourth-order valence-corrected chi connectivity index (χ4v) is 3.73. The van der Waals surface area contributed by atoms with Gasteiger partial charge in [-0.2, -0.15) is 0 Å². The highest BCUT2D eigenvalue weighted by atomic mass is 16.5. The molecule has 0 spiro atoms. The smallest absolute Gasteiger partial charge is 0.295 e. The minimum absolute atomic E-state index is 0.0600. The van der Waals surface area contributed by atoms with Crippen LogP contribution in [-0.4, -0.2) is 33.3 Å². The summed E-state index contributed by atoms with van der Waals surface area (Å²) in [6.07, 6.45) is 4.94. The molecule has 1 aromatic heterocycles. The first kappa shape index (κ1) is 21.1. The average molecular weight is 426 g/mol. The second-order valence-corrected chi connectivity index (χ2v) is 7.32. The topological polar surface area (TPSA) is 79.7 Å². The van der Waals surface area contributed by atoms with E-state index in [-0.39, 0.29) is 17.9 Å². The van der Waals surface area contributed by atoms with E-state index in [0.717, 1.165) is 11.1 Å². The third-order valence-corrected chi connectivity index (χ3v) is 5.23. The maximum atomic E-state index is 13.1. The molecule has 4 rings (SSSR count). The van der Waals surface area contributed by atoms with E-state index >= 15 is 0 Å². The van der Waals surface area contributed by atoms with E-state index in [1.807, 2.05) is 36.4 Å². The normalized spacial score (nSPS) is 17.4. The molecule has 1 N–H and O–H groups in total. The van der Waals surface area contributed by atoms with Crippen LogP contribution in [0.15, 0.2) is 97.4 Å². The number of carbonyl (C=O) groups is 2. The quantitative estimate of drug-likeness (QED) is 0.264. The van der Waals surface area contributed by atoms with Crippen molar-refractivity contribution in [1.82, 2.24) is 9.88 Å². The number of likely N-dealkylation sites (tertiary alicyclic amines) is 1. The Bertz CT molecular complexity index is 1160. The summed E-state index contributed by atoms with van der Waals surface area (Å²) in [4.78, 5) is 31.6. The fraction of sp³-hybridized carbons (Fsp3) is 0.115. The van der Waals surface area contributed by atoms with Gasteiger partial charge in [-0.1, -0.05) is 49.1 Å². The molecule has 2 heterocycles. The van der Waals surface area contributed by atoms with Crippen LogP contribution in [0, 0.1) is 0 Å². The highest BCUT2D eigenvalue weighted by Crippen LogP contribution is 2.40. The van der Waals surface area contributed by atoms with E-state index < -0.39 is 17.7 Å². The molecule has 1 amide bonds. The number of nitrogens with zero attached hydrogens (tertiary/aromatic N) is 2. The lowest BCUT2D eigenvalue weighted by Gasteiger charge is -2.25. The number of hydrogen-bond acceptors (Lipinski definition) is 5.